The van der Waals surface area contributed by atoms with Crippen molar-refractivity contribution >= 4 is 27.7 Å². The molecule has 0 N–H and O–H groups in total. The summed E-state index contributed by atoms with van der Waals surface area (Å²) in [5, 5.41) is 3.89. The van der Waals surface area contributed by atoms with Crippen molar-refractivity contribution in [3.8, 4) is 0 Å². The van der Waals surface area contributed by atoms with Crippen molar-refractivity contribution in [3.63, 3.8) is 0 Å². The third kappa shape index (κ3) is 4.81. The van der Waals surface area contributed by atoms with Gasteiger partial charge in [0.05, 0.1) is 17.0 Å². The van der Waals surface area contributed by atoms with Gasteiger partial charge in [0.15, 0.2) is 0 Å². The van der Waals surface area contributed by atoms with Crippen LogP contribution in [-0.4, -0.2) is 59.8 Å². The molecule has 0 saturated carbocycles. The maximum Gasteiger partial charge on any atom is 0.255 e. The molecule has 1 aromatic carbocycles. The molecule has 162 valence electrons. The number of nitrogens with zero attached hydrogens (tertiary/aromatic N) is 4. The molecule has 10 heteroatoms. The number of hydrogen-bond donors (Lipinski definition) is 0. The minimum Gasteiger partial charge on any atom is -0.360 e. The van der Waals surface area contributed by atoms with Crippen LogP contribution >= 0.6 is 11.8 Å². The third-order valence-corrected chi connectivity index (χ3v) is 7.94. The summed E-state index contributed by atoms with van der Waals surface area (Å²) in [5.41, 5.74) is 1.42. The zero-order valence-corrected chi connectivity index (χ0v) is 18.6. The molecule has 1 fully saturated rings. The largest absolute Gasteiger partial charge is 0.360 e. The lowest BCUT2D eigenvalue weighted by molar-refractivity contribution is 0.0694. The SMILES string of the molecule is Cc1cc(CSc2ccccc2C(=O)N2CCN(S(=O)(=O)c3cccnc3)CC2)on1. The maximum atomic E-state index is 13.2. The Morgan fingerprint density at radius 3 is 2.58 bits per heavy atom. The van der Waals surface area contributed by atoms with Crippen molar-refractivity contribution < 1.29 is 17.7 Å². The molecular formula is C21H22N4O4S2. The number of rotatable bonds is 6. The molecule has 4 rings (SSSR count). The summed E-state index contributed by atoms with van der Waals surface area (Å²) in [6, 6.07) is 12.4. The van der Waals surface area contributed by atoms with E-state index in [1.54, 1.807) is 17.0 Å². The van der Waals surface area contributed by atoms with Crippen molar-refractivity contribution in [2.45, 2.75) is 22.5 Å². The van der Waals surface area contributed by atoms with Gasteiger partial charge in [-0.05, 0) is 31.2 Å². The molecule has 0 spiro atoms. The fourth-order valence-electron chi connectivity index (χ4n) is 3.35. The molecule has 0 atom stereocenters. The predicted octanol–water partition coefficient (Wildman–Crippen LogP) is 2.82. The molecule has 0 radical (unpaired) electrons. The fourth-order valence-corrected chi connectivity index (χ4v) is 5.66. The van der Waals surface area contributed by atoms with Gasteiger partial charge >= 0.3 is 0 Å². The van der Waals surface area contributed by atoms with Crippen molar-refractivity contribution in [2.24, 2.45) is 0 Å². The van der Waals surface area contributed by atoms with Crippen LogP contribution < -0.4 is 0 Å². The molecule has 1 aliphatic heterocycles. The van der Waals surface area contributed by atoms with Gasteiger partial charge in [-0.25, -0.2) is 8.42 Å². The molecule has 3 aromatic rings. The summed E-state index contributed by atoms with van der Waals surface area (Å²) < 4.78 is 32.2. The summed E-state index contributed by atoms with van der Waals surface area (Å²) in [5.74, 6) is 1.22. The summed E-state index contributed by atoms with van der Waals surface area (Å²) in [7, 11) is -3.61. The van der Waals surface area contributed by atoms with Gasteiger partial charge in [-0.15, -0.1) is 11.8 Å². The zero-order chi connectivity index (χ0) is 21.8. The molecule has 0 unspecified atom stereocenters. The molecule has 1 aliphatic rings. The minimum atomic E-state index is -3.61. The Bertz CT molecular complexity index is 1160. The number of amides is 1. The first kappa shape index (κ1) is 21.5. The first-order valence-electron chi connectivity index (χ1n) is 9.78. The van der Waals surface area contributed by atoms with Gasteiger partial charge in [0, 0.05) is 49.5 Å². The van der Waals surface area contributed by atoms with Crippen molar-refractivity contribution in [3.05, 3.63) is 71.9 Å². The van der Waals surface area contributed by atoms with Crippen LogP contribution in [0.25, 0.3) is 0 Å². The third-order valence-electron chi connectivity index (χ3n) is 4.96. The highest BCUT2D eigenvalue weighted by Gasteiger charge is 2.31. The number of pyridine rings is 1. The molecular weight excluding hydrogens is 436 g/mol. The smallest absolute Gasteiger partial charge is 0.255 e. The normalized spacial score (nSPS) is 15.2. The summed E-state index contributed by atoms with van der Waals surface area (Å²) >= 11 is 1.51. The zero-order valence-electron chi connectivity index (χ0n) is 17.0. The molecule has 1 amide bonds. The Labute approximate surface area is 185 Å². The predicted molar refractivity (Wildman–Crippen MR) is 116 cm³/mol. The van der Waals surface area contributed by atoms with Gasteiger partial charge in [-0.1, -0.05) is 17.3 Å². The summed E-state index contributed by atoms with van der Waals surface area (Å²) in [4.78, 5) is 19.8. The Morgan fingerprint density at radius 1 is 1.13 bits per heavy atom. The van der Waals surface area contributed by atoms with Crippen LogP contribution in [0.3, 0.4) is 0 Å². The molecule has 0 aliphatic carbocycles. The van der Waals surface area contributed by atoms with E-state index >= 15 is 0 Å². The quantitative estimate of drug-likeness (QED) is 0.524. The van der Waals surface area contributed by atoms with E-state index in [4.69, 9.17) is 4.52 Å². The fraction of sp³-hybridized carbons (Fsp3) is 0.286. The second kappa shape index (κ2) is 9.21. The number of benzene rings is 1. The molecule has 0 bridgehead atoms. The van der Waals surface area contributed by atoms with Gasteiger partial charge in [0.1, 0.15) is 10.7 Å². The highest BCUT2D eigenvalue weighted by atomic mass is 32.2. The number of aryl methyl sites for hydroxylation is 1. The topological polar surface area (TPSA) is 96.6 Å². The number of hydrogen-bond acceptors (Lipinski definition) is 7. The van der Waals surface area contributed by atoms with Gasteiger partial charge < -0.3 is 9.42 Å². The number of carbonyl (C=O) groups is 1. The first-order valence-corrected chi connectivity index (χ1v) is 12.2. The highest BCUT2D eigenvalue weighted by Crippen LogP contribution is 2.28. The van der Waals surface area contributed by atoms with E-state index in [0.717, 1.165) is 16.3 Å². The van der Waals surface area contributed by atoms with Crippen LogP contribution in [0.15, 0.2) is 69.2 Å². The van der Waals surface area contributed by atoms with Crippen LogP contribution in [0.1, 0.15) is 21.8 Å². The molecule has 2 aromatic heterocycles. The average Bonchev–Trinajstić information content (AvgIpc) is 3.23. The Kier molecular flexibility index (Phi) is 6.40. The van der Waals surface area contributed by atoms with Crippen molar-refractivity contribution in [2.75, 3.05) is 26.2 Å². The number of carbonyl (C=O) groups excluding carboxylic acids is 1. The van der Waals surface area contributed by atoms with E-state index in [1.165, 1.54) is 34.5 Å². The summed E-state index contributed by atoms with van der Waals surface area (Å²) in [6.07, 6.45) is 2.88. The Balaban J connectivity index is 1.42. The van der Waals surface area contributed by atoms with Crippen LogP contribution in [0.2, 0.25) is 0 Å². The van der Waals surface area contributed by atoms with Crippen LogP contribution in [-0.2, 0) is 15.8 Å². The van der Waals surface area contributed by atoms with Crippen molar-refractivity contribution in [1.29, 1.82) is 0 Å². The minimum absolute atomic E-state index is 0.102. The van der Waals surface area contributed by atoms with Gasteiger partial charge in [0.2, 0.25) is 10.0 Å². The second-order valence-electron chi connectivity index (χ2n) is 7.10. The van der Waals surface area contributed by atoms with Gasteiger partial charge in [0.25, 0.3) is 5.91 Å². The van der Waals surface area contributed by atoms with Gasteiger partial charge in [-0.2, -0.15) is 4.31 Å². The standard InChI is InChI=1S/C21H22N4O4S2/c1-16-13-17(29-23-16)15-30-20-7-3-2-6-19(20)21(26)24-9-11-25(12-10-24)31(27,28)18-5-4-8-22-14-18/h2-8,13-14H,9-12,15H2,1H3. The molecule has 1 saturated heterocycles. The number of sulfonamides is 1. The molecule has 8 nitrogen and oxygen atoms in total. The van der Waals surface area contributed by atoms with E-state index in [-0.39, 0.29) is 23.9 Å². The molecule has 3 heterocycles. The van der Waals surface area contributed by atoms with Crippen LogP contribution in [0.4, 0.5) is 0 Å². The first-order chi connectivity index (χ1) is 14.9. The molecule has 31 heavy (non-hydrogen) atoms. The van der Waals surface area contributed by atoms with E-state index < -0.39 is 10.0 Å². The second-order valence-corrected chi connectivity index (χ2v) is 10.1. The summed E-state index contributed by atoms with van der Waals surface area (Å²) in [6.45, 7) is 3.02. The van der Waals surface area contributed by atoms with E-state index in [2.05, 4.69) is 10.1 Å². The van der Waals surface area contributed by atoms with E-state index in [1.807, 2.05) is 31.2 Å². The van der Waals surface area contributed by atoms with Crippen LogP contribution in [0.5, 0.6) is 0 Å². The lowest BCUT2D eigenvalue weighted by Gasteiger charge is -2.34. The number of aromatic nitrogens is 2. The Morgan fingerprint density at radius 2 is 1.90 bits per heavy atom. The van der Waals surface area contributed by atoms with Gasteiger partial charge in [-0.3, -0.25) is 9.78 Å². The highest BCUT2D eigenvalue weighted by molar-refractivity contribution is 7.98. The number of thioether (sulfide) groups is 1. The maximum absolute atomic E-state index is 13.2. The lowest BCUT2D eigenvalue weighted by Crippen LogP contribution is -2.50. The van der Waals surface area contributed by atoms with E-state index in [0.29, 0.717) is 24.4 Å². The lowest BCUT2D eigenvalue weighted by atomic mass is 10.2. The monoisotopic (exact) mass is 458 g/mol. The van der Waals surface area contributed by atoms with Crippen molar-refractivity contribution in [1.82, 2.24) is 19.3 Å². The van der Waals surface area contributed by atoms with E-state index in [9.17, 15) is 13.2 Å². The number of piperazine rings is 1. The Hall–Kier alpha value is -2.69. The van der Waals surface area contributed by atoms with Crippen LogP contribution in [0, 0.1) is 6.92 Å². The average molecular weight is 459 g/mol.